The van der Waals surface area contributed by atoms with Crippen LogP contribution >= 0.6 is 0 Å². The predicted octanol–water partition coefficient (Wildman–Crippen LogP) is 12.0. The van der Waals surface area contributed by atoms with E-state index in [-0.39, 0.29) is 0 Å². The molecule has 10 aromatic rings. The Morgan fingerprint density at radius 1 is 0.260 bits per heavy atom. The summed E-state index contributed by atoms with van der Waals surface area (Å²) in [6.45, 7) is 0. The quantitative estimate of drug-likeness (QED) is 0.187. The molecule has 0 unspecified atom stereocenters. The van der Waals surface area contributed by atoms with Gasteiger partial charge in [0.1, 0.15) is 22.3 Å². The zero-order valence-electron chi connectivity index (χ0n) is 26.7. The minimum absolute atomic E-state index is 0.584. The van der Waals surface area contributed by atoms with E-state index < -0.39 is 0 Å². The Labute approximate surface area is 287 Å². The highest BCUT2D eigenvalue weighted by Gasteiger charge is 2.16. The largest absolute Gasteiger partial charge is 0.456 e. The van der Waals surface area contributed by atoms with Gasteiger partial charge in [-0.3, -0.25) is 0 Å². The number of fused-ring (bicyclic) bond motifs is 6. The van der Waals surface area contributed by atoms with Gasteiger partial charge in [-0.15, -0.1) is 0 Å². The Kier molecular flexibility index (Phi) is 6.42. The zero-order valence-corrected chi connectivity index (χ0v) is 26.7. The van der Waals surface area contributed by atoms with Crippen molar-refractivity contribution < 1.29 is 8.83 Å². The summed E-state index contributed by atoms with van der Waals surface area (Å²) >= 11 is 0. The predicted molar refractivity (Wildman–Crippen MR) is 202 cm³/mol. The van der Waals surface area contributed by atoms with Gasteiger partial charge in [0.25, 0.3) is 0 Å². The van der Waals surface area contributed by atoms with Crippen LogP contribution in [0.2, 0.25) is 0 Å². The number of hydrogen-bond donors (Lipinski definition) is 0. The Morgan fingerprint density at radius 3 is 1.34 bits per heavy atom. The molecule has 0 aliphatic carbocycles. The van der Waals surface area contributed by atoms with Crippen molar-refractivity contribution in [3.8, 4) is 56.4 Å². The van der Waals surface area contributed by atoms with Crippen LogP contribution in [0.5, 0.6) is 0 Å². The van der Waals surface area contributed by atoms with Gasteiger partial charge >= 0.3 is 0 Å². The third-order valence-corrected chi connectivity index (χ3v) is 9.38. The fraction of sp³-hybridized carbons (Fsp3) is 0. The average molecular weight is 642 g/mol. The van der Waals surface area contributed by atoms with Gasteiger partial charge in [0.2, 0.25) is 0 Å². The fourth-order valence-corrected chi connectivity index (χ4v) is 6.79. The molecular weight excluding hydrogens is 615 g/mol. The average Bonchev–Trinajstić information content (AvgIpc) is 3.76. The maximum Gasteiger partial charge on any atom is 0.164 e. The second-order valence-electron chi connectivity index (χ2n) is 12.4. The van der Waals surface area contributed by atoms with Crippen LogP contribution in [0.4, 0.5) is 0 Å². The molecule has 0 bridgehead atoms. The van der Waals surface area contributed by atoms with Gasteiger partial charge in [0, 0.05) is 38.2 Å². The van der Waals surface area contributed by atoms with E-state index in [4.69, 9.17) is 23.8 Å². The van der Waals surface area contributed by atoms with Gasteiger partial charge in [0.05, 0.1) is 0 Å². The van der Waals surface area contributed by atoms with Gasteiger partial charge in [-0.05, 0) is 58.7 Å². The van der Waals surface area contributed by atoms with Crippen LogP contribution in [0.25, 0.3) is 100 Å². The highest BCUT2D eigenvalue weighted by atomic mass is 16.3. The van der Waals surface area contributed by atoms with Crippen LogP contribution in [0.3, 0.4) is 0 Å². The standard InChI is InChI=1S/C45H27N3O2/c1-2-8-28(9-3-1)29-14-18-31(19-15-29)43-46-44(48-45(47-43)34-22-24-37-35-10-4-6-12-39(35)50-42(37)27-34)32-20-16-30(17-21-32)33-23-25-41-38(26-33)36-11-5-7-13-40(36)49-41/h1-27H. The van der Waals surface area contributed by atoms with Crippen molar-refractivity contribution in [2.45, 2.75) is 0 Å². The van der Waals surface area contributed by atoms with Gasteiger partial charge in [-0.1, -0.05) is 127 Å². The van der Waals surface area contributed by atoms with E-state index >= 15 is 0 Å². The molecule has 0 radical (unpaired) electrons. The zero-order chi connectivity index (χ0) is 33.0. The van der Waals surface area contributed by atoms with Crippen molar-refractivity contribution in [1.82, 2.24) is 15.0 Å². The first kappa shape index (κ1) is 28.2. The summed E-state index contributed by atoms with van der Waals surface area (Å²) in [5.41, 5.74) is 10.6. The molecule has 7 aromatic carbocycles. The van der Waals surface area contributed by atoms with E-state index in [2.05, 4.69) is 109 Å². The van der Waals surface area contributed by atoms with E-state index in [0.717, 1.165) is 82.8 Å². The molecule has 0 atom stereocenters. The van der Waals surface area contributed by atoms with E-state index in [1.54, 1.807) is 0 Å². The minimum atomic E-state index is 0.584. The molecule has 5 nitrogen and oxygen atoms in total. The molecule has 10 rings (SSSR count). The maximum absolute atomic E-state index is 6.22. The number of furan rings is 2. The Bertz CT molecular complexity index is 2850. The summed E-state index contributed by atoms with van der Waals surface area (Å²) in [6.07, 6.45) is 0. The number of nitrogens with zero attached hydrogens (tertiary/aromatic N) is 3. The van der Waals surface area contributed by atoms with Crippen LogP contribution in [0, 0.1) is 0 Å². The molecule has 0 amide bonds. The van der Waals surface area contributed by atoms with Crippen molar-refractivity contribution in [2.75, 3.05) is 0 Å². The first-order valence-electron chi connectivity index (χ1n) is 16.6. The monoisotopic (exact) mass is 641 g/mol. The minimum Gasteiger partial charge on any atom is -0.456 e. The molecule has 3 aromatic heterocycles. The van der Waals surface area contributed by atoms with Crippen LogP contribution in [-0.4, -0.2) is 15.0 Å². The summed E-state index contributed by atoms with van der Waals surface area (Å²) in [5, 5.41) is 4.37. The second-order valence-corrected chi connectivity index (χ2v) is 12.4. The van der Waals surface area contributed by atoms with Crippen molar-refractivity contribution in [3.05, 3.63) is 164 Å². The van der Waals surface area contributed by atoms with Crippen molar-refractivity contribution >= 4 is 43.9 Å². The molecule has 0 aliphatic heterocycles. The molecule has 0 fully saturated rings. The highest BCUT2D eigenvalue weighted by Crippen LogP contribution is 2.35. The molecule has 0 spiro atoms. The summed E-state index contributed by atoms with van der Waals surface area (Å²) < 4.78 is 12.3. The lowest BCUT2D eigenvalue weighted by molar-refractivity contribution is 0.668. The molecule has 0 aliphatic rings. The highest BCUT2D eigenvalue weighted by molar-refractivity contribution is 6.07. The van der Waals surface area contributed by atoms with E-state index in [1.807, 2.05) is 54.6 Å². The van der Waals surface area contributed by atoms with Gasteiger partial charge in [-0.25, -0.2) is 15.0 Å². The normalized spacial score (nSPS) is 11.6. The summed E-state index contributed by atoms with van der Waals surface area (Å²) in [4.78, 5) is 15.0. The van der Waals surface area contributed by atoms with Crippen molar-refractivity contribution in [2.24, 2.45) is 0 Å². The molecule has 0 saturated heterocycles. The maximum atomic E-state index is 6.22. The van der Waals surface area contributed by atoms with Crippen LogP contribution in [0.1, 0.15) is 0 Å². The topological polar surface area (TPSA) is 65.0 Å². The Balaban J connectivity index is 1.07. The molecule has 0 N–H and O–H groups in total. The van der Waals surface area contributed by atoms with Gasteiger partial charge in [-0.2, -0.15) is 0 Å². The van der Waals surface area contributed by atoms with Crippen LogP contribution in [-0.2, 0) is 0 Å². The van der Waals surface area contributed by atoms with E-state index in [0.29, 0.717) is 17.5 Å². The van der Waals surface area contributed by atoms with Gasteiger partial charge in [0.15, 0.2) is 17.5 Å². The third-order valence-electron chi connectivity index (χ3n) is 9.38. The molecular formula is C45H27N3O2. The summed E-state index contributed by atoms with van der Waals surface area (Å²) in [7, 11) is 0. The molecule has 50 heavy (non-hydrogen) atoms. The second kappa shape index (κ2) is 11.4. The SMILES string of the molecule is c1ccc(-c2ccc(-c3nc(-c4ccc(-c5ccc6oc7ccccc7c6c5)cc4)nc(-c4ccc5c(c4)oc4ccccc45)n3)cc2)cc1. The molecule has 234 valence electrons. The fourth-order valence-electron chi connectivity index (χ4n) is 6.79. The smallest absolute Gasteiger partial charge is 0.164 e. The van der Waals surface area contributed by atoms with Crippen molar-refractivity contribution in [1.29, 1.82) is 0 Å². The van der Waals surface area contributed by atoms with E-state index in [9.17, 15) is 0 Å². The number of aromatic nitrogens is 3. The first-order chi connectivity index (χ1) is 24.7. The van der Waals surface area contributed by atoms with E-state index in [1.165, 1.54) is 0 Å². The number of rotatable bonds is 5. The number of benzene rings is 7. The van der Waals surface area contributed by atoms with Crippen LogP contribution < -0.4 is 0 Å². The van der Waals surface area contributed by atoms with Crippen molar-refractivity contribution in [3.63, 3.8) is 0 Å². The summed E-state index contributed by atoms with van der Waals surface area (Å²) in [6, 6.07) is 55.9. The number of hydrogen-bond acceptors (Lipinski definition) is 5. The number of para-hydroxylation sites is 2. The lowest BCUT2D eigenvalue weighted by atomic mass is 10.0. The summed E-state index contributed by atoms with van der Waals surface area (Å²) in [5.74, 6) is 1.79. The first-order valence-corrected chi connectivity index (χ1v) is 16.6. The molecule has 3 heterocycles. The Morgan fingerprint density at radius 2 is 0.680 bits per heavy atom. The lowest BCUT2D eigenvalue weighted by Crippen LogP contribution is -2.00. The Hall–Kier alpha value is -6.85. The lowest BCUT2D eigenvalue weighted by Gasteiger charge is -2.10. The molecule has 0 saturated carbocycles. The van der Waals surface area contributed by atoms with Gasteiger partial charge < -0.3 is 8.83 Å². The molecule has 5 heteroatoms. The van der Waals surface area contributed by atoms with Crippen LogP contribution in [0.15, 0.2) is 173 Å². The third kappa shape index (κ3) is 4.83.